The molecular formula is C11H17N3O3S. The van der Waals surface area contributed by atoms with Crippen molar-refractivity contribution < 1.29 is 13.2 Å². The second-order valence-electron chi connectivity index (χ2n) is 4.10. The number of morpholine rings is 1. The van der Waals surface area contributed by atoms with Crippen molar-refractivity contribution in [2.24, 2.45) is 0 Å². The Balaban J connectivity index is 1.98. The van der Waals surface area contributed by atoms with Crippen LogP contribution in [0.3, 0.4) is 0 Å². The number of hydrogen-bond donors (Lipinski definition) is 1. The number of nitrogens with one attached hydrogen (secondary N) is 1. The maximum absolute atomic E-state index is 12.0. The number of hydrogen-bond acceptors (Lipinski definition) is 4. The third-order valence-corrected chi connectivity index (χ3v) is 4.40. The Kier molecular flexibility index (Phi) is 4.28. The average Bonchev–Trinajstić information content (AvgIpc) is 2.39. The second kappa shape index (κ2) is 5.75. The number of ether oxygens (including phenoxy) is 1. The largest absolute Gasteiger partial charge is 0.379 e. The Labute approximate surface area is 107 Å². The van der Waals surface area contributed by atoms with Crippen LogP contribution < -0.4 is 4.72 Å². The minimum atomic E-state index is -3.43. The van der Waals surface area contributed by atoms with E-state index in [2.05, 4.69) is 9.71 Å². The number of aromatic nitrogens is 1. The van der Waals surface area contributed by atoms with E-state index < -0.39 is 10.2 Å². The second-order valence-corrected chi connectivity index (χ2v) is 5.86. The van der Waals surface area contributed by atoms with Crippen molar-refractivity contribution in [2.45, 2.75) is 13.5 Å². The van der Waals surface area contributed by atoms with Crippen LogP contribution in [0.2, 0.25) is 0 Å². The summed E-state index contributed by atoms with van der Waals surface area (Å²) in [5.41, 5.74) is 1.72. The van der Waals surface area contributed by atoms with Gasteiger partial charge in [0.25, 0.3) is 10.2 Å². The molecule has 0 amide bonds. The summed E-state index contributed by atoms with van der Waals surface area (Å²) in [7, 11) is -3.43. The molecule has 1 N–H and O–H groups in total. The molecule has 0 aliphatic carbocycles. The fourth-order valence-corrected chi connectivity index (χ4v) is 2.87. The molecule has 1 aromatic heterocycles. The van der Waals surface area contributed by atoms with Crippen molar-refractivity contribution in [3.8, 4) is 0 Å². The Morgan fingerprint density at radius 2 is 2.17 bits per heavy atom. The SMILES string of the molecule is Cc1cccnc1CNS(=O)(=O)N1CCOCC1. The van der Waals surface area contributed by atoms with Gasteiger partial charge in [0.05, 0.1) is 25.5 Å². The maximum Gasteiger partial charge on any atom is 0.279 e. The lowest BCUT2D eigenvalue weighted by molar-refractivity contribution is 0.0724. The fraction of sp³-hybridized carbons (Fsp3) is 0.545. The van der Waals surface area contributed by atoms with Gasteiger partial charge in [-0.3, -0.25) is 4.98 Å². The van der Waals surface area contributed by atoms with Crippen LogP contribution in [0.1, 0.15) is 11.3 Å². The average molecular weight is 271 g/mol. The van der Waals surface area contributed by atoms with Crippen molar-refractivity contribution in [2.75, 3.05) is 26.3 Å². The maximum atomic E-state index is 12.0. The van der Waals surface area contributed by atoms with Gasteiger partial charge in [0.15, 0.2) is 0 Å². The first-order valence-corrected chi connectivity index (χ1v) is 7.26. The summed E-state index contributed by atoms with van der Waals surface area (Å²) in [5.74, 6) is 0. The van der Waals surface area contributed by atoms with Gasteiger partial charge in [-0.25, -0.2) is 0 Å². The van der Waals surface area contributed by atoms with E-state index in [1.165, 1.54) is 4.31 Å². The van der Waals surface area contributed by atoms with Crippen molar-refractivity contribution in [1.82, 2.24) is 14.0 Å². The van der Waals surface area contributed by atoms with Gasteiger partial charge in [-0.05, 0) is 18.6 Å². The van der Waals surface area contributed by atoms with E-state index in [1.807, 2.05) is 19.1 Å². The molecule has 100 valence electrons. The molecule has 0 saturated carbocycles. The summed E-state index contributed by atoms with van der Waals surface area (Å²) in [5, 5.41) is 0. The molecule has 0 bridgehead atoms. The zero-order valence-electron chi connectivity index (χ0n) is 10.3. The molecule has 6 nitrogen and oxygen atoms in total. The van der Waals surface area contributed by atoms with Crippen molar-refractivity contribution in [3.63, 3.8) is 0 Å². The van der Waals surface area contributed by atoms with E-state index in [0.717, 1.165) is 11.3 Å². The van der Waals surface area contributed by atoms with Crippen molar-refractivity contribution >= 4 is 10.2 Å². The van der Waals surface area contributed by atoms with Gasteiger partial charge in [-0.2, -0.15) is 17.4 Å². The van der Waals surface area contributed by atoms with Crippen LogP contribution in [0.25, 0.3) is 0 Å². The first-order chi connectivity index (χ1) is 8.59. The molecule has 0 atom stereocenters. The molecule has 0 spiro atoms. The molecular weight excluding hydrogens is 254 g/mol. The summed E-state index contributed by atoms with van der Waals surface area (Å²) in [6.07, 6.45) is 1.66. The molecule has 0 unspecified atom stereocenters. The summed E-state index contributed by atoms with van der Waals surface area (Å²) in [6, 6.07) is 3.74. The van der Waals surface area contributed by atoms with Crippen LogP contribution in [0.5, 0.6) is 0 Å². The van der Waals surface area contributed by atoms with Gasteiger partial charge in [-0.15, -0.1) is 0 Å². The highest BCUT2D eigenvalue weighted by Gasteiger charge is 2.23. The lowest BCUT2D eigenvalue weighted by atomic mass is 10.2. The molecule has 1 aromatic rings. The highest BCUT2D eigenvalue weighted by molar-refractivity contribution is 7.87. The number of aryl methyl sites for hydroxylation is 1. The van der Waals surface area contributed by atoms with Crippen LogP contribution in [0.4, 0.5) is 0 Å². The molecule has 1 fully saturated rings. The van der Waals surface area contributed by atoms with E-state index in [9.17, 15) is 8.42 Å². The lowest BCUT2D eigenvalue weighted by Crippen LogP contribution is -2.46. The van der Waals surface area contributed by atoms with Crippen LogP contribution in [0, 0.1) is 6.92 Å². The quantitative estimate of drug-likeness (QED) is 0.840. The molecule has 2 rings (SSSR count). The summed E-state index contributed by atoms with van der Waals surface area (Å²) in [6.45, 7) is 3.82. The smallest absolute Gasteiger partial charge is 0.279 e. The normalized spacial score (nSPS) is 17.8. The third kappa shape index (κ3) is 3.26. The third-order valence-electron chi connectivity index (χ3n) is 2.85. The molecule has 18 heavy (non-hydrogen) atoms. The molecule has 0 radical (unpaired) electrons. The molecule has 0 aromatic carbocycles. The number of rotatable bonds is 4. The molecule has 1 aliphatic heterocycles. The Hall–Kier alpha value is -1.02. The topological polar surface area (TPSA) is 71.5 Å². The van der Waals surface area contributed by atoms with E-state index in [1.54, 1.807) is 6.20 Å². The van der Waals surface area contributed by atoms with Crippen LogP contribution in [-0.2, 0) is 21.5 Å². The predicted octanol–water partition coefficient (Wildman–Crippen LogP) is 0.0566. The number of pyridine rings is 1. The predicted molar refractivity (Wildman–Crippen MR) is 67.1 cm³/mol. The summed E-state index contributed by atoms with van der Waals surface area (Å²) in [4.78, 5) is 4.16. The minimum Gasteiger partial charge on any atom is -0.379 e. The van der Waals surface area contributed by atoms with Crippen molar-refractivity contribution in [3.05, 3.63) is 29.6 Å². The summed E-state index contributed by atoms with van der Waals surface area (Å²) < 4.78 is 33.1. The van der Waals surface area contributed by atoms with Crippen LogP contribution in [-0.4, -0.2) is 44.0 Å². The Morgan fingerprint density at radius 1 is 1.44 bits per heavy atom. The van der Waals surface area contributed by atoms with E-state index in [0.29, 0.717) is 26.3 Å². The molecule has 2 heterocycles. The van der Waals surface area contributed by atoms with E-state index in [4.69, 9.17) is 4.74 Å². The highest BCUT2D eigenvalue weighted by Crippen LogP contribution is 2.06. The highest BCUT2D eigenvalue weighted by atomic mass is 32.2. The molecule has 1 saturated heterocycles. The molecule has 1 aliphatic rings. The Bertz CT molecular complexity index is 498. The monoisotopic (exact) mass is 271 g/mol. The van der Waals surface area contributed by atoms with Crippen LogP contribution in [0.15, 0.2) is 18.3 Å². The van der Waals surface area contributed by atoms with Gasteiger partial charge in [0, 0.05) is 19.3 Å². The van der Waals surface area contributed by atoms with Crippen molar-refractivity contribution in [1.29, 1.82) is 0 Å². The Morgan fingerprint density at radius 3 is 2.83 bits per heavy atom. The van der Waals surface area contributed by atoms with Gasteiger partial charge >= 0.3 is 0 Å². The zero-order valence-corrected chi connectivity index (χ0v) is 11.1. The van der Waals surface area contributed by atoms with Gasteiger partial charge in [0.2, 0.25) is 0 Å². The zero-order chi connectivity index (χ0) is 13.0. The van der Waals surface area contributed by atoms with Crippen LogP contribution >= 0.6 is 0 Å². The number of nitrogens with zero attached hydrogens (tertiary/aromatic N) is 2. The summed E-state index contributed by atoms with van der Waals surface area (Å²) >= 11 is 0. The first kappa shape index (κ1) is 13.4. The lowest BCUT2D eigenvalue weighted by Gasteiger charge is -2.26. The van der Waals surface area contributed by atoms with Gasteiger partial charge in [0.1, 0.15) is 0 Å². The fourth-order valence-electron chi connectivity index (χ4n) is 1.74. The minimum absolute atomic E-state index is 0.215. The van der Waals surface area contributed by atoms with Gasteiger partial charge < -0.3 is 4.74 Å². The van der Waals surface area contributed by atoms with E-state index in [-0.39, 0.29) is 6.54 Å². The first-order valence-electron chi connectivity index (χ1n) is 5.82. The molecule has 7 heteroatoms. The van der Waals surface area contributed by atoms with Gasteiger partial charge in [-0.1, -0.05) is 6.07 Å². The standard InChI is InChI=1S/C11H17N3O3S/c1-10-3-2-4-12-11(10)9-13-18(15,16)14-5-7-17-8-6-14/h2-4,13H,5-9H2,1H3. The van der Waals surface area contributed by atoms with E-state index >= 15 is 0 Å².